The molecule has 3 aromatic rings. The second kappa shape index (κ2) is 8.31. The van der Waals surface area contributed by atoms with Gasteiger partial charge in [0, 0.05) is 42.9 Å². The quantitative estimate of drug-likeness (QED) is 0.560. The molecule has 1 fully saturated rings. The van der Waals surface area contributed by atoms with Gasteiger partial charge in [-0.1, -0.05) is 23.7 Å². The Kier molecular flexibility index (Phi) is 5.60. The summed E-state index contributed by atoms with van der Waals surface area (Å²) < 4.78 is 1.85. The highest BCUT2D eigenvalue weighted by molar-refractivity contribution is 6.31. The maximum absolute atomic E-state index is 12.4. The third-order valence-electron chi connectivity index (χ3n) is 5.52. The molecule has 0 radical (unpaired) electrons. The summed E-state index contributed by atoms with van der Waals surface area (Å²) in [5, 5.41) is 3.54. The zero-order chi connectivity index (χ0) is 20.4. The van der Waals surface area contributed by atoms with Crippen LogP contribution in [0.15, 0.2) is 47.3 Å². The summed E-state index contributed by atoms with van der Waals surface area (Å²) in [5.41, 5.74) is 8.41. The summed E-state index contributed by atoms with van der Waals surface area (Å²) in [6, 6.07) is 12.7. The van der Waals surface area contributed by atoms with Crippen LogP contribution in [0.2, 0.25) is 5.02 Å². The molecule has 0 saturated carbocycles. The van der Waals surface area contributed by atoms with E-state index in [4.69, 9.17) is 17.3 Å². The van der Waals surface area contributed by atoms with Gasteiger partial charge < -0.3 is 20.9 Å². The number of hydrogen-bond donors (Lipinski definition) is 3. The average molecular weight is 414 g/mol. The van der Waals surface area contributed by atoms with Crippen molar-refractivity contribution < 1.29 is 4.79 Å². The topological polar surface area (TPSA) is 96.2 Å². The van der Waals surface area contributed by atoms with Crippen LogP contribution in [0.4, 0.5) is 5.69 Å². The molecule has 0 bridgehead atoms. The minimum absolute atomic E-state index is 0.0894. The van der Waals surface area contributed by atoms with Gasteiger partial charge in [-0.3, -0.25) is 9.36 Å². The SMILES string of the molecule is Nc1ccccc1C(=O)NCCN1CCC(n2c(=O)[nH]c3cc(Cl)ccc32)CC1. The third kappa shape index (κ3) is 4.16. The molecule has 8 heteroatoms. The second-order valence-electron chi connectivity index (χ2n) is 7.38. The van der Waals surface area contributed by atoms with Crippen molar-refractivity contribution in [2.24, 2.45) is 0 Å². The molecule has 0 aliphatic carbocycles. The van der Waals surface area contributed by atoms with Gasteiger partial charge in [-0.25, -0.2) is 4.79 Å². The van der Waals surface area contributed by atoms with E-state index in [1.807, 2.05) is 22.8 Å². The number of nitrogen functional groups attached to an aromatic ring is 1. The normalized spacial score (nSPS) is 15.6. The largest absolute Gasteiger partial charge is 0.398 e. The van der Waals surface area contributed by atoms with Crippen molar-refractivity contribution in [3.05, 3.63) is 63.5 Å². The van der Waals surface area contributed by atoms with E-state index in [1.54, 1.807) is 24.3 Å². The van der Waals surface area contributed by atoms with E-state index in [-0.39, 0.29) is 17.6 Å². The number of H-pyrrole nitrogens is 1. The molecule has 4 rings (SSSR count). The molecule has 7 nitrogen and oxygen atoms in total. The first-order chi connectivity index (χ1) is 14.0. The van der Waals surface area contributed by atoms with Crippen molar-refractivity contribution in [2.75, 3.05) is 31.9 Å². The average Bonchev–Trinajstić information content (AvgIpc) is 3.03. The Morgan fingerprint density at radius 3 is 2.72 bits per heavy atom. The Bertz CT molecular complexity index is 1080. The zero-order valence-electron chi connectivity index (χ0n) is 16.0. The number of piperidine rings is 1. The van der Waals surface area contributed by atoms with E-state index in [0.717, 1.165) is 43.5 Å². The van der Waals surface area contributed by atoms with Crippen LogP contribution in [-0.4, -0.2) is 46.5 Å². The van der Waals surface area contributed by atoms with Gasteiger partial charge in [0.15, 0.2) is 0 Å². The van der Waals surface area contributed by atoms with Crippen molar-refractivity contribution >= 4 is 34.2 Å². The fourth-order valence-electron chi connectivity index (χ4n) is 3.99. The Hall–Kier alpha value is -2.77. The first-order valence-corrected chi connectivity index (χ1v) is 10.2. The molecule has 1 amide bonds. The van der Waals surface area contributed by atoms with Crippen LogP contribution in [0.3, 0.4) is 0 Å². The molecule has 2 aromatic carbocycles. The van der Waals surface area contributed by atoms with Gasteiger partial charge in [0.05, 0.1) is 16.6 Å². The Labute approximate surface area is 173 Å². The number of aromatic nitrogens is 2. The number of likely N-dealkylation sites (tertiary alicyclic amines) is 1. The standard InChI is InChI=1S/C21H24ClN5O2/c22-14-5-6-19-18(13-14)25-21(29)27(19)15-7-10-26(11-8-15)12-9-24-20(28)16-3-1-2-4-17(16)23/h1-6,13,15H,7-12,23H2,(H,24,28)(H,25,29). The number of fused-ring (bicyclic) bond motifs is 1. The minimum atomic E-state index is -0.151. The summed E-state index contributed by atoms with van der Waals surface area (Å²) in [6.07, 6.45) is 1.77. The molecule has 152 valence electrons. The van der Waals surface area contributed by atoms with E-state index < -0.39 is 0 Å². The summed E-state index contributed by atoms with van der Waals surface area (Å²) in [4.78, 5) is 29.9. The number of nitrogens with zero attached hydrogens (tertiary/aromatic N) is 2. The van der Waals surface area contributed by atoms with Gasteiger partial charge in [0.2, 0.25) is 0 Å². The van der Waals surface area contributed by atoms with E-state index in [2.05, 4.69) is 15.2 Å². The van der Waals surface area contributed by atoms with E-state index in [0.29, 0.717) is 22.8 Å². The molecule has 0 spiro atoms. The molecule has 4 N–H and O–H groups in total. The van der Waals surface area contributed by atoms with Crippen LogP contribution in [-0.2, 0) is 0 Å². The Morgan fingerprint density at radius 1 is 1.21 bits per heavy atom. The molecule has 0 unspecified atom stereocenters. The number of aromatic amines is 1. The van der Waals surface area contributed by atoms with Gasteiger partial charge >= 0.3 is 5.69 Å². The number of anilines is 1. The van der Waals surface area contributed by atoms with Gasteiger partial charge in [0.1, 0.15) is 0 Å². The van der Waals surface area contributed by atoms with Crippen LogP contribution in [0.5, 0.6) is 0 Å². The highest BCUT2D eigenvalue weighted by Crippen LogP contribution is 2.26. The van der Waals surface area contributed by atoms with E-state index >= 15 is 0 Å². The van der Waals surface area contributed by atoms with Crippen molar-refractivity contribution in [1.82, 2.24) is 19.8 Å². The number of amides is 1. The monoisotopic (exact) mass is 413 g/mol. The summed E-state index contributed by atoms with van der Waals surface area (Å²) >= 11 is 6.03. The molecular weight excluding hydrogens is 390 g/mol. The lowest BCUT2D eigenvalue weighted by Crippen LogP contribution is -2.41. The maximum atomic E-state index is 12.4. The number of nitrogens with one attached hydrogen (secondary N) is 2. The highest BCUT2D eigenvalue weighted by atomic mass is 35.5. The van der Waals surface area contributed by atoms with Crippen LogP contribution in [0, 0.1) is 0 Å². The van der Waals surface area contributed by atoms with Crippen LogP contribution in [0.1, 0.15) is 29.2 Å². The van der Waals surface area contributed by atoms with Gasteiger partial charge in [-0.2, -0.15) is 0 Å². The van der Waals surface area contributed by atoms with Crippen LogP contribution < -0.4 is 16.7 Å². The molecular formula is C21H24ClN5O2. The number of imidazole rings is 1. The summed E-state index contributed by atoms with van der Waals surface area (Å²) in [7, 11) is 0. The second-order valence-corrected chi connectivity index (χ2v) is 7.81. The highest BCUT2D eigenvalue weighted by Gasteiger charge is 2.23. The van der Waals surface area contributed by atoms with Crippen molar-refractivity contribution in [3.8, 4) is 0 Å². The van der Waals surface area contributed by atoms with E-state index in [1.165, 1.54) is 0 Å². The molecule has 1 aliphatic rings. The van der Waals surface area contributed by atoms with Gasteiger partial charge in [-0.15, -0.1) is 0 Å². The lowest BCUT2D eigenvalue weighted by Gasteiger charge is -2.32. The summed E-state index contributed by atoms with van der Waals surface area (Å²) in [5.74, 6) is -0.151. The first-order valence-electron chi connectivity index (χ1n) is 9.78. The molecule has 2 heterocycles. The minimum Gasteiger partial charge on any atom is -0.398 e. The van der Waals surface area contributed by atoms with Crippen molar-refractivity contribution in [1.29, 1.82) is 0 Å². The summed E-state index contributed by atoms with van der Waals surface area (Å²) in [6.45, 7) is 3.08. The fraction of sp³-hybridized carbons (Fsp3) is 0.333. The van der Waals surface area contributed by atoms with Gasteiger partial charge in [0.25, 0.3) is 5.91 Å². The smallest absolute Gasteiger partial charge is 0.326 e. The predicted molar refractivity (Wildman–Crippen MR) is 115 cm³/mol. The number of rotatable bonds is 5. The zero-order valence-corrected chi connectivity index (χ0v) is 16.8. The molecule has 0 atom stereocenters. The Morgan fingerprint density at radius 2 is 1.97 bits per heavy atom. The molecule has 1 saturated heterocycles. The van der Waals surface area contributed by atoms with E-state index in [9.17, 15) is 9.59 Å². The Balaban J connectivity index is 1.31. The molecule has 1 aliphatic heterocycles. The van der Waals surface area contributed by atoms with Gasteiger partial charge in [-0.05, 0) is 43.2 Å². The molecule has 1 aromatic heterocycles. The number of carbonyl (C=O) groups is 1. The lowest BCUT2D eigenvalue weighted by molar-refractivity contribution is 0.0945. The third-order valence-corrected chi connectivity index (χ3v) is 5.75. The van der Waals surface area contributed by atoms with Crippen molar-refractivity contribution in [2.45, 2.75) is 18.9 Å². The number of halogens is 1. The molecule has 29 heavy (non-hydrogen) atoms. The number of nitrogens with two attached hydrogens (primary N) is 1. The van der Waals surface area contributed by atoms with Crippen LogP contribution in [0.25, 0.3) is 11.0 Å². The predicted octanol–water partition coefficient (Wildman–Crippen LogP) is 2.63. The number of hydrogen-bond acceptors (Lipinski definition) is 4. The number of benzene rings is 2. The number of para-hydroxylation sites is 1. The van der Waals surface area contributed by atoms with Crippen molar-refractivity contribution in [3.63, 3.8) is 0 Å². The first kappa shape index (κ1) is 19.5. The fourth-order valence-corrected chi connectivity index (χ4v) is 4.17. The lowest BCUT2D eigenvalue weighted by atomic mass is 10.0. The maximum Gasteiger partial charge on any atom is 0.326 e. The van der Waals surface area contributed by atoms with Crippen LogP contribution >= 0.6 is 11.6 Å². The number of carbonyl (C=O) groups excluding carboxylic acids is 1.